The van der Waals surface area contributed by atoms with Gasteiger partial charge in [-0.2, -0.15) is 0 Å². The molecule has 0 bridgehead atoms. The molecule has 0 saturated carbocycles. The van der Waals surface area contributed by atoms with Crippen molar-refractivity contribution in [1.82, 2.24) is 0 Å². The Balaban J connectivity index is 1.39. The number of unbranched alkanes of at least 4 members (excludes halogenated alkanes) is 5. The van der Waals surface area contributed by atoms with Crippen molar-refractivity contribution in [2.75, 3.05) is 37.9 Å². The molecule has 0 atom stereocenters. The first-order chi connectivity index (χ1) is 15.8. The van der Waals surface area contributed by atoms with E-state index in [1.807, 2.05) is 11.8 Å². The third-order valence-electron chi connectivity index (χ3n) is 6.29. The number of hydrogen-bond donors (Lipinski definition) is 0. The Kier molecular flexibility index (Phi) is 7.45. The smallest absolute Gasteiger partial charge is 0.405 e. The van der Waals surface area contributed by atoms with Crippen molar-refractivity contribution >= 4 is 48.3 Å². The SMILES string of the molecule is CCCCCCCCN1c2ccc(B3OCCO3)cc2Sc2cc(B3OCCO3)ccc21. The zero-order chi connectivity index (χ0) is 21.8. The first-order valence-electron chi connectivity index (χ1n) is 12.0. The fourth-order valence-electron chi connectivity index (χ4n) is 4.61. The summed E-state index contributed by atoms with van der Waals surface area (Å²) < 4.78 is 23.0. The van der Waals surface area contributed by atoms with Crippen LogP contribution in [0, 0.1) is 0 Å². The van der Waals surface area contributed by atoms with Gasteiger partial charge in [-0.05, 0) is 41.6 Å². The maximum Gasteiger partial charge on any atom is 0.494 e. The Morgan fingerprint density at radius 1 is 0.719 bits per heavy atom. The van der Waals surface area contributed by atoms with Crippen LogP contribution in [0.25, 0.3) is 0 Å². The van der Waals surface area contributed by atoms with Crippen LogP contribution < -0.4 is 15.8 Å². The van der Waals surface area contributed by atoms with Gasteiger partial charge in [-0.3, -0.25) is 0 Å². The maximum atomic E-state index is 5.75. The second kappa shape index (κ2) is 10.7. The second-order valence-electron chi connectivity index (χ2n) is 8.62. The molecule has 8 heteroatoms. The van der Waals surface area contributed by atoms with E-state index >= 15 is 0 Å². The lowest BCUT2D eigenvalue weighted by Crippen LogP contribution is -2.34. The maximum absolute atomic E-state index is 5.75. The van der Waals surface area contributed by atoms with Crippen LogP contribution in [-0.2, 0) is 18.6 Å². The average molecular weight is 451 g/mol. The third kappa shape index (κ3) is 4.90. The number of nitrogens with zero attached hydrogens (tertiary/aromatic N) is 1. The molecule has 3 heterocycles. The topological polar surface area (TPSA) is 40.2 Å². The van der Waals surface area contributed by atoms with Crippen molar-refractivity contribution in [3.05, 3.63) is 36.4 Å². The monoisotopic (exact) mass is 451 g/mol. The Morgan fingerprint density at radius 3 is 1.75 bits per heavy atom. The van der Waals surface area contributed by atoms with Crippen LogP contribution in [0.4, 0.5) is 11.4 Å². The Hall–Kier alpha value is -1.44. The molecule has 3 aliphatic heterocycles. The lowest BCUT2D eigenvalue weighted by molar-refractivity contribution is 0.365. The standard InChI is InChI=1S/C24H31B2NO4S/c1-2-3-4-5-6-7-12-27-21-10-8-19(25-28-13-14-29-25)17-23(21)32-24-18-20(9-11-22(24)27)26-30-15-16-31-26/h8-11,17-18H,2-7,12-16H2,1H3. The molecule has 32 heavy (non-hydrogen) atoms. The van der Waals surface area contributed by atoms with Gasteiger partial charge >= 0.3 is 14.2 Å². The number of anilines is 2. The Bertz CT molecular complexity index is 853. The molecule has 2 saturated heterocycles. The van der Waals surface area contributed by atoms with Gasteiger partial charge in [0.25, 0.3) is 0 Å². The first kappa shape index (κ1) is 22.4. The summed E-state index contributed by atoms with van der Waals surface area (Å²) in [5, 5.41) is 0. The van der Waals surface area contributed by atoms with Crippen LogP contribution >= 0.6 is 11.8 Å². The zero-order valence-electron chi connectivity index (χ0n) is 18.9. The van der Waals surface area contributed by atoms with Gasteiger partial charge in [0, 0.05) is 16.3 Å². The van der Waals surface area contributed by atoms with Gasteiger partial charge in [-0.25, -0.2) is 0 Å². The lowest BCUT2D eigenvalue weighted by atomic mass is 9.79. The van der Waals surface area contributed by atoms with Crippen molar-refractivity contribution in [3.8, 4) is 0 Å². The van der Waals surface area contributed by atoms with Gasteiger partial charge in [0.1, 0.15) is 0 Å². The van der Waals surface area contributed by atoms with E-state index in [-0.39, 0.29) is 14.2 Å². The molecule has 0 N–H and O–H groups in total. The van der Waals surface area contributed by atoms with E-state index in [2.05, 4.69) is 48.2 Å². The van der Waals surface area contributed by atoms with Crippen molar-refractivity contribution < 1.29 is 18.6 Å². The molecule has 168 valence electrons. The molecular formula is C24H31B2NO4S. The highest BCUT2D eigenvalue weighted by Gasteiger charge is 2.32. The number of rotatable bonds is 9. The highest BCUT2D eigenvalue weighted by molar-refractivity contribution is 7.99. The van der Waals surface area contributed by atoms with Gasteiger partial charge in [0.2, 0.25) is 0 Å². The van der Waals surface area contributed by atoms with Gasteiger partial charge in [0.15, 0.2) is 0 Å². The first-order valence-corrected chi connectivity index (χ1v) is 12.8. The van der Waals surface area contributed by atoms with Gasteiger partial charge < -0.3 is 23.5 Å². The molecule has 0 radical (unpaired) electrons. The molecule has 3 aliphatic rings. The molecule has 5 nitrogen and oxygen atoms in total. The molecule has 2 aromatic carbocycles. The van der Waals surface area contributed by atoms with Crippen molar-refractivity contribution in [2.45, 2.75) is 55.2 Å². The summed E-state index contributed by atoms with van der Waals surface area (Å²) >= 11 is 1.82. The molecule has 0 aliphatic carbocycles. The summed E-state index contributed by atoms with van der Waals surface area (Å²) in [6.45, 7) is 5.93. The summed E-state index contributed by atoms with van der Waals surface area (Å²) in [6, 6.07) is 13.3. The van der Waals surface area contributed by atoms with Crippen LogP contribution in [0.5, 0.6) is 0 Å². The van der Waals surface area contributed by atoms with Gasteiger partial charge in [-0.1, -0.05) is 62.9 Å². The number of fused-ring (bicyclic) bond motifs is 2. The molecule has 0 amide bonds. The van der Waals surface area contributed by atoms with Crippen LogP contribution in [0.15, 0.2) is 46.2 Å². The minimum atomic E-state index is -0.249. The largest absolute Gasteiger partial charge is 0.494 e. The minimum absolute atomic E-state index is 0.249. The number of hydrogen-bond acceptors (Lipinski definition) is 6. The highest BCUT2D eigenvalue weighted by Crippen LogP contribution is 2.47. The summed E-state index contributed by atoms with van der Waals surface area (Å²) in [6.07, 6.45) is 7.76. The van der Waals surface area contributed by atoms with E-state index in [0.29, 0.717) is 26.4 Å². The van der Waals surface area contributed by atoms with Crippen molar-refractivity contribution in [1.29, 1.82) is 0 Å². The van der Waals surface area contributed by atoms with E-state index in [0.717, 1.165) is 17.5 Å². The van der Waals surface area contributed by atoms with Crippen LogP contribution in [0.3, 0.4) is 0 Å². The van der Waals surface area contributed by atoms with Gasteiger partial charge in [0.05, 0.1) is 37.8 Å². The Labute approximate surface area is 196 Å². The highest BCUT2D eigenvalue weighted by atomic mass is 32.2. The van der Waals surface area contributed by atoms with Crippen molar-refractivity contribution in [3.63, 3.8) is 0 Å². The van der Waals surface area contributed by atoms with E-state index in [1.54, 1.807) is 0 Å². The molecule has 0 unspecified atom stereocenters. The fourth-order valence-corrected chi connectivity index (χ4v) is 5.80. The zero-order valence-corrected chi connectivity index (χ0v) is 19.7. The normalized spacial score (nSPS) is 17.7. The second-order valence-corrected chi connectivity index (χ2v) is 9.71. The third-order valence-corrected chi connectivity index (χ3v) is 7.39. The lowest BCUT2D eigenvalue weighted by Gasteiger charge is -2.33. The summed E-state index contributed by atoms with van der Waals surface area (Å²) in [4.78, 5) is 5.00. The van der Waals surface area contributed by atoms with E-state index in [9.17, 15) is 0 Å². The van der Waals surface area contributed by atoms with Crippen LogP contribution in [-0.4, -0.2) is 47.2 Å². The van der Waals surface area contributed by atoms with Crippen LogP contribution in [0.1, 0.15) is 45.4 Å². The average Bonchev–Trinajstić information content (AvgIpc) is 3.54. The van der Waals surface area contributed by atoms with Gasteiger partial charge in [-0.15, -0.1) is 0 Å². The predicted octanol–water partition coefficient (Wildman–Crippen LogP) is 4.13. The fraction of sp³-hybridized carbons (Fsp3) is 0.500. The van der Waals surface area contributed by atoms with E-state index < -0.39 is 0 Å². The minimum Gasteiger partial charge on any atom is -0.405 e. The van der Waals surface area contributed by atoms with Crippen molar-refractivity contribution in [2.24, 2.45) is 0 Å². The predicted molar refractivity (Wildman–Crippen MR) is 132 cm³/mol. The summed E-state index contributed by atoms with van der Waals surface area (Å²) in [5.41, 5.74) is 4.74. The van der Waals surface area contributed by atoms with E-state index in [4.69, 9.17) is 18.6 Å². The molecule has 0 spiro atoms. The molecule has 2 aromatic rings. The molecule has 5 rings (SSSR count). The summed E-state index contributed by atoms with van der Waals surface area (Å²) in [7, 11) is -0.498. The molecule has 0 aromatic heterocycles. The summed E-state index contributed by atoms with van der Waals surface area (Å²) in [5.74, 6) is 0. The molecule has 2 fully saturated rings. The number of benzene rings is 2. The van der Waals surface area contributed by atoms with E-state index in [1.165, 1.54) is 59.7 Å². The Morgan fingerprint density at radius 2 is 1.22 bits per heavy atom. The molecular weight excluding hydrogens is 420 g/mol. The quantitative estimate of drug-likeness (QED) is 0.422. The van der Waals surface area contributed by atoms with Crippen LogP contribution in [0.2, 0.25) is 0 Å².